The lowest BCUT2D eigenvalue weighted by atomic mass is 10.3. The van der Waals surface area contributed by atoms with Crippen molar-refractivity contribution in [3.05, 3.63) is 0 Å². The van der Waals surface area contributed by atoms with Gasteiger partial charge in [0.1, 0.15) is 12.3 Å². The van der Waals surface area contributed by atoms with Gasteiger partial charge < -0.3 is 0 Å². The Kier molecular flexibility index (Phi) is 1.44. The minimum Gasteiger partial charge on any atom is -0.269 e. The van der Waals surface area contributed by atoms with Crippen LogP contribution in [0.3, 0.4) is 0 Å². The molecule has 0 spiro atoms. The predicted molar refractivity (Wildman–Crippen MR) is 25.6 cm³/mol. The summed E-state index contributed by atoms with van der Waals surface area (Å²) in [6.07, 6.45) is -2.75. The normalized spacial score (nSPS) is 40.9. The maximum Gasteiger partial charge on any atom is 0.146 e. The van der Waals surface area contributed by atoms with Gasteiger partial charge in [-0.1, -0.05) is 0 Å². The summed E-state index contributed by atoms with van der Waals surface area (Å²) >= 11 is 0. The van der Waals surface area contributed by atoms with Gasteiger partial charge in [-0.2, -0.15) is 0 Å². The molecule has 0 unspecified atom stereocenters. The second-order valence-corrected chi connectivity index (χ2v) is 1.99. The highest BCUT2D eigenvalue weighted by Gasteiger charge is 2.30. The van der Waals surface area contributed by atoms with Crippen molar-refractivity contribution in [1.29, 1.82) is 0 Å². The van der Waals surface area contributed by atoms with E-state index in [9.17, 15) is 8.78 Å². The van der Waals surface area contributed by atoms with Crippen LogP contribution in [0.25, 0.3) is 0 Å². The lowest BCUT2D eigenvalue weighted by Gasteiger charge is -2.01. The molecule has 0 aromatic rings. The molecule has 1 rings (SSSR count). The molecule has 48 valence electrons. The molecule has 1 aliphatic rings. The molecule has 1 heterocycles. The van der Waals surface area contributed by atoms with Crippen molar-refractivity contribution in [2.24, 2.45) is 5.84 Å². The van der Waals surface area contributed by atoms with Gasteiger partial charge in [0.2, 0.25) is 0 Å². The van der Waals surface area contributed by atoms with E-state index in [1.54, 1.807) is 0 Å². The van der Waals surface area contributed by atoms with Crippen molar-refractivity contribution in [2.75, 3.05) is 13.1 Å². The van der Waals surface area contributed by atoms with Crippen LogP contribution in [0.5, 0.6) is 0 Å². The summed E-state index contributed by atoms with van der Waals surface area (Å²) in [6.45, 7) is 0.0579. The summed E-state index contributed by atoms with van der Waals surface area (Å²) in [5, 5.41) is 1.15. The van der Waals surface area contributed by atoms with Crippen LogP contribution in [0.4, 0.5) is 8.78 Å². The third-order valence-electron chi connectivity index (χ3n) is 1.21. The molecule has 2 atom stereocenters. The second kappa shape index (κ2) is 1.95. The standard InChI is InChI=1S/C4H8F2N2/c5-3-1-8(7)2-4(3)6/h3-4H,1-2,7H2/t3-,4+. The van der Waals surface area contributed by atoms with Crippen LogP contribution in [-0.2, 0) is 0 Å². The second-order valence-electron chi connectivity index (χ2n) is 1.99. The van der Waals surface area contributed by atoms with Gasteiger partial charge >= 0.3 is 0 Å². The SMILES string of the molecule is NN1C[C@@H](F)[C@@H](F)C1. The van der Waals surface area contributed by atoms with E-state index in [2.05, 4.69) is 0 Å². The summed E-state index contributed by atoms with van der Waals surface area (Å²) < 4.78 is 24.1. The molecule has 2 N–H and O–H groups in total. The van der Waals surface area contributed by atoms with E-state index in [-0.39, 0.29) is 13.1 Å². The Labute approximate surface area is 46.2 Å². The Morgan fingerprint density at radius 2 is 1.62 bits per heavy atom. The van der Waals surface area contributed by atoms with E-state index in [0.29, 0.717) is 0 Å². The summed E-state index contributed by atoms with van der Waals surface area (Å²) in [7, 11) is 0. The molecule has 0 bridgehead atoms. The maximum absolute atomic E-state index is 12.1. The van der Waals surface area contributed by atoms with Gasteiger partial charge in [-0.25, -0.2) is 13.8 Å². The van der Waals surface area contributed by atoms with Gasteiger partial charge in [0.25, 0.3) is 0 Å². The fourth-order valence-electron chi connectivity index (χ4n) is 0.751. The zero-order chi connectivity index (χ0) is 6.15. The first kappa shape index (κ1) is 5.91. The van der Waals surface area contributed by atoms with Crippen molar-refractivity contribution in [3.63, 3.8) is 0 Å². The highest BCUT2D eigenvalue weighted by atomic mass is 19.2. The van der Waals surface area contributed by atoms with Gasteiger partial charge in [-0.3, -0.25) is 5.84 Å². The van der Waals surface area contributed by atoms with Gasteiger partial charge in [0, 0.05) is 13.1 Å². The lowest BCUT2D eigenvalue weighted by Crippen LogP contribution is -2.28. The largest absolute Gasteiger partial charge is 0.269 e. The van der Waals surface area contributed by atoms with E-state index < -0.39 is 12.3 Å². The minimum absolute atomic E-state index is 0.0289. The Morgan fingerprint density at radius 3 is 1.75 bits per heavy atom. The van der Waals surface area contributed by atoms with Crippen molar-refractivity contribution in [3.8, 4) is 0 Å². The van der Waals surface area contributed by atoms with Crippen molar-refractivity contribution < 1.29 is 8.78 Å². The van der Waals surface area contributed by atoms with Crippen LogP contribution in [0.1, 0.15) is 0 Å². The van der Waals surface area contributed by atoms with Crippen LogP contribution >= 0.6 is 0 Å². The van der Waals surface area contributed by atoms with Gasteiger partial charge in [0.05, 0.1) is 0 Å². The van der Waals surface area contributed by atoms with E-state index in [4.69, 9.17) is 5.84 Å². The number of rotatable bonds is 0. The molecule has 0 aromatic heterocycles. The number of hydrogen-bond acceptors (Lipinski definition) is 2. The number of nitrogens with two attached hydrogens (primary N) is 1. The Bertz CT molecular complexity index is 78.1. The van der Waals surface area contributed by atoms with Crippen molar-refractivity contribution in [2.45, 2.75) is 12.3 Å². The molecule has 4 heteroatoms. The van der Waals surface area contributed by atoms with E-state index in [1.165, 1.54) is 0 Å². The minimum atomic E-state index is -1.38. The molecule has 2 nitrogen and oxygen atoms in total. The average molecular weight is 122 g/mol. The van der Waals surface area contributed by atoms with Crippen LogP contribution in [0.15, 0.2) is 0 Å². The first-order chi connectivity index (χ1) is 3.70. The highest BCUT2D eigenvalue weighted by Crippen LogP contribution is 2.12. The molecule has 0 aliphatic carbocycles. The molecule has 1 aliphatic heterocycles. The zero-order valence-electron chi connectivity index (χ0n) is 4.35. The lowest BCUT2D eigenvalue weighted by molar-refractivity contribution is 0.217. The predicted octanol–water partition coefficient (Wildman–Crippen LogP) is -0.148. The maximum atomic E-state index is 12.1. The molecule has 0 aromatic carbocycles. The Morgan fingerprint density at radius 1 is 1.25 bits per heavy atom. The van der Waals surface area contributed by atoms with Gasteiger partial charge in [-0.15, -0.1) is 0 Å². The third-order valence-corrected chi connectivity index (χ3v) is 1.21. The van der Waals surface area contributed by atoms with Crippen molar-refractivity contribution in [1.82, 2.24) is 5.01 Å². The molecule has 8 heavy (non-hydrogen) atoms. The average Bonchev–Trinajstić information content (AvgIpc) is 1.85. The van der Waals surface area contributed by atoms with Crippen molar-refractivity contribution >= 4 is 0 Å². The first-order valence-electron chi connectivity index (χ1n) is 2.48. The van der Waals surface area contributed by atoms with Gasteiger partial charge in [0.15, 0.2) is 0 Å². The highest BCUT2D eigenvalue weighted by molar-refractivity contribution is 4.80. The number of alkyl halides is 2. The molecule has 0 saturated carbocycles. The van der Waals surface area contributed by atoms with E-state index in [1.807, 2.05) is 0 Å². The molecular weight excluding hydrogens is 114 g/mol. The fourth-order valence-corrected chi connectivity index (χ4v) is 0.751. The number of hydrogen-bond donors (Lipinski definition) is 1. The van der Waals surface area contributed by atoms with E-state index >= 15 is 0 Å². The monoisotopic (exact) mass is 122 g/mol. The Balaban J connectivity index is 2.39. The van der Waals surface area contributed by atoms with Crippen LogP contribution < -0.4 is 5.84 Å². The van der Waals surface area contributed by atoms with E-state index in [0.717, 1.165) is 5.01 Å². The fraction of sp³-hybridized carbons (Fsp3) is 1.00. The topological polar surface area (TPSA) is 29.3 Å². The molecule has 1 fully saturated rings. The Hall–Kier alpha value is -0.220. The number of nitrogens with zero attached hydrogens (tertiary/aromatic N) is 1. The molecule has 0 radical (unpaired) electrons. The molecule has 1 saturated heterocycles. The molecule has 0 amide bonds. The van der Waals surface area contributed by atoms with Crippen LogP contribution in [0.2, 0.25) is 0 Å². The molecular formula is C4H8F2N2. The van der Waals surface area contributed by atoms with Crippen LogP contribution in [-0.4, -0.2) is 30.4 Å². The first-order valence-corrected chi connectivity index (χ1v) is 2.48. The summed E-state index contributed by atoms with van der Waals surface area (Å²) in [5.41, 5.74) is 0. The summed E-state index contributed by atoms with van der Waals surface area (Å²) in [4.78, 5) is 0. The zero-order valence-corrected chi connectivity index (χ0v) is 4.35. The summed E-state index contributed by atoms with van der Waals surface area (Å²) in [5.74, 6) is 5.07. The quantitative estimate of drug-likeness (QED) is 0.453. The van der Waals surface area contributed by atoms with Gasteiger partial charge in [-0.05, 0) is 0 Å². The summed E-state index contributed by atoms with van der Waals surface area (Å²) in [6, 6.07) is 0. The number of halogens is 2. The third kappa shape index (κ3) is 0.952. The number of hydrazine groups is 1. The van der Waals surface area contributed by atoms with Crippen LogP contribution in [0, 0.1) is 0 Å². The smallest absolute Gasteiger partial charge is 0.146 e.